The highest BCUT2D eigenvalue weighted by Crippen LogP contribution is 2.18. The SMILES string of the molecule is CC(C)(C)Nc1ccc(C(=O)NC2CCCCCC2)nc1. The largest absolute Gasteiger partial charge is 0.379 e. The van der Waals surface area contributed by atoms with Gasteiger partial charge in [0.1, 0.15) is 5.69 Å². The van der Waals surface area contributed by atoms with Crippen LogP contribution in [0.3, 0.4) is 0 Å². The van der Waals surface area contributed by atoms with Gasteiger partial charge in [0.25, 0.3) is 5.91 Å². The van der Waals surface area contributed by atoms with Crippen LogP contribution in [0, 0.1) is 0 Å². The van der Waals surface area contributed by atoms with E-state index < -0.39 is 0 Å². The van der Waals surface area contributed by atoms with Gasteiger partial charge in [0.05, 0.1) is 11.9 Å². The van der Waals surface area contributed by atoms with Crippen molar-refractivity contribution in [3.8, 4) is 0 Å². The van der Waals surface area contributed by atoms with Crippen LogP contribution in [0.2, 0.25) is 0 Å². The number of nitrogens with one attached hydrogen (secondary N) is 2. The normalized spacial score (nSPS) is 17.1. The Bertz CT molecular complexity index is 454. The first-order chi connectivity index (χ1) is 9.94. The molecule has 0 aliphatic heterocycles. The zero-order chi connectivity index (χ0) is 15.3. The van der Waals surface area contributed by atoms with Crippen LogP contribution in [0.1, 0.15) is 69.8 Å². The van der Waals surface area contributed by atoms with E-state index in [9.17, 15) is 4.79 Å². The Hall–Kier alpha value is -1.58. The second-order valence-corrected chi connectivity index (χ2v) is 6.97. The quantitative estimate of drug-likeness (QED) is 0.833. The third kappa shape index (κ3) is 5.37. The summed E-state index contributed by atoms with van der Waals surface area (Å²) in [5.41, 5.74) is 1.43. The van der Waals surface area contributed by atoms with E-state index in [-0.39, 0.29) is 11.4 Å². The molecule has 4 nitrogen and oxygen atoms in total. The molecule has 0 bridgehead atoms. The average Bonchev–Trinajstić information content (AvgIpc) is 2.66. The molecule has 0 saturated heterocycles. The van der Waals surface area contributed by atoms with Gasteiger partial charge in [-0.05, 0) is 45.7 Å². The number of nitrogens with zero attached hydrogens (tertiary/aromatic N) is 1. The molecule has 116 valence electrons. The number of hydrogen-bond acceptors (Lipinski definition) is 3. The smallest absolute Gasteiger partial charge is 0.270 e. The molecular formula is C17H27N3O. The molecule has 0 aromatic carbocycles. The summed E-state index contributed by atoms with van der Waals surface area (Å²) in [6.45, 7) is 6.29. The van der Waals surface area contributed by atoms with Gasteiger partial charge in [0, 0.05) is 11.6 Å². The minimum Gasteiger partial charge on any atom is -0.379 e. The van der Waals surface area contributed by atoms with Crippen molar-refractivity contribution in [3.05, 3.63) is 24.0 Å². The molecule has 1 aromatic rings. The monoisotopic (exact) mass is 289 g/mol. The minimum atomic E-state index is -0.0517. The summed E-state index contributed by atoms with van der Waals surface area (Å²) in [7, 11) is 0. The highest BCUT2D eigenvalue weighted by molar-refractivity contribution is 5.92. The second kappa shape index (κ2) is 6.92. The first-order valence-corrected chi connectivity index (χ1v) is 7.99. The predicted molar refractivity (Wildman–Crippen MR) is 86.6 cm³/mol. The Morgan fingerprint density at radius 1 is 1.14 bits per heavy atom. The van der Waals surface area contributed by atoms with Crippen LogP contribution in [0.15, 0.2) is 18.3 Å². The molecule has 1 aromatic heterocycles. The molecule has 1 fully saturated rings. The summed E-state index contributed by atoms with van der Waals surface area (Å²) < 4.78 is 0. The molecule has 1 saturated carbocycles. The van der Waals surface area contributed by atoms with Crippen molar-refractivity contribution in [1.82, 2.24) is 10.3 Å². The number of pyridine rings is 1. The van der Waals surface area contributed by atoms with Crippen molar-refractivity contribution >= 4 is 11.6 Å². The zero-order valence-electron chi connectivity index (χ0n) is 13.4. The topological polar surface area (TPSA) is 54.0 Å². The van der Waals surface area contributed by atoms with Gasteiger partial charge in [0.15, 0.2) is 0 Å². The maximum atomic E-state index is 12.2. The third-order valence-corrected chi connectivity index (χ3v) is 3.71. The van der Waals surface area contributed by atoms with Crippen molar-refractivity contribution in [2.24, 2.45) is 0 Å². The first-order valence-electron chi connectivity index (χ1n) is 7.99. The molecular weight excluding hydrogens is 262 g/mol. The molecule has 4 heteroatoms. The lowest BCUT2D eigenvalue weighted by atomic mass is 10.1. The Kier molecular flexibility index (Phi) is 5.21. The van der Waals surface area contributed by atoms with Gasteiger partial charge in [-0.3, -0.25) is 4.79 Å². The summed E-state index contributed by atoms with van der Waals surface area (Å²) in [5.74, 6) is -0.0517. The van der Waals surface area contributed by atoms with E-state index in [0.717, 1.165) is 18.5 Å². The second-order valence-electron chi connectivity index (χ2n) is 6.97. The number of aromatic nitrogens is 1. The first kappa shape index (κ1) is 15.8. The molecule has 1 aliphatic rings. The lowest BCUT2D eigenvalue weighted by molar-refractivity contribution is 0.0928. The lowest BCUT2D eigenvalue weighted by Crippen LogP contribution is -2.34. The van der Waals surface area contributed by atoms with Gasteiger partial charge in [-0.2, -0.15) is 0 Å². The number of rotatable bonds is 3. The molecule has 0 unspecified atom stereocenters. The fraction of sp³-hybridized carbons (Fsp3) is 0.647. The van der Waals surface area contributed by atoms with Crippen molar-refractivity contribution in [2.45, 2.75) is 70.9 Å². The highest BCUT2D eigenvalue weighted by atomic mass is 16.1. The maximum absolute atomic E-state index is 12.2. The minimum absolute atomic E-state index is 0.00813. The van der Waals surface area contributed by atoms with Crippen molar-refractivity contribution < 1.29 is 4.79 Å². The maximum Gasteiger partial charge on any atom is 0.270 e. The van der Waals surface area contributed by atoms with Crippen LogP contribution in [0.5, 0.6) is 0 Å². The van der Waals surface area contributed by atoms with E-state index >= 15 is 0 Å². The molecule has 2 rings (SSSR count). The van der Waals surface area contributed by atoms with Crippen LogP contribution in [-0.2, 0) is 0 Å². The van der Waals surface area contributed by atoms with E-state index in [1.807, 2.05) is 6.07 Å². The highest BCUT2D eigenvalue weighted by Gasteiger charge is 2.16. The average molecular weight is 289 g/mol. The van der Waals surface area contributed by atoms with Crippen LogP contribution >= 0.6 is 0 Å². The predicted octanol–water partition coefficient (Wildman–Crippen LogP) is 3.74. The summed E-state index contributed by atoms with van der Waals surface area (Å²) in [6.07, 6.45) is 8.92. The van der Waals surface area contributed by atoms with Crippen LogP contribution in [0.25, 0.3) is 0 Å². The van der Waals surface area contributed by atoms with Crippen LogP contribution in [0.4, 0.5) is 5.69 Å². The van der Waals surface area contributed by atoms with Crippen LogP contribution < -0.4 is 10.6 Å². The summed E-state index contributed by atoms with van der Waals surface area (Å²) in [5, 5.41) is 6.46. The zero-order valence-corrected chi connectivity index (χ0v) is 13.4. The number of hydrogen-bond donors (Lipinski definition) is 2. The van der Waals surface area contributed by atoms with Crippen LogP contribution in [-0.4, -0.2) is 22.5 Å². The summed E-state index contributed by atoms with van der Waals surface area (Å²) in [6, 6.07) is 4.02. The van der Waals surface area contributed by atoms with Crippen molar-refractivity contribution in [1.29, 1.82) is 0 Å². The van der Waals surface area contributed by atoms with Gasteiger partial charge in [-0.1, -0.05) is 25.7 Å². The molecule has 0 spiro atoms. The summed E-state index contributed by atoms with van der Waals surface area (Å²) >= 11 is 0. The van der Waals surface area contributed by atoms with Gasteiger partial charge < -0.3 is 10.6 Å². The fourth-order valence-electron chi connectivity index (χ4n) is 2.72. The number of carbonyl (C=O) groups is 1. The molecule has 2 N–H and O–H groups in total. The van der Waals surface area contributed by atoms with Gasteiger partial charge in [0.2, 0.25) is 0 Å². The van der Waals surface area contributed by atoms with Gasteiger partial charge >= 0.3 is 0 Å². The fourth-order valence-corrected chi connectivity index (χ4v) is 2.72. The Morgan fingerprint density at radius 2 is 1.81 bits per heavy atom. The number of anilines is 1. The Morgan fingerprint density at radius 3 is 2.33 bits per heavy atom. The van der Waals surface area contributed by atoms with E-state index in [2.05, 4.69) is 36.4 Å². The Balaban J connectivity index is 1.93. The van der Waals surface area contributed by atoms with Crippen molar-refractivity contribution in [2.75, 3.05) is 5.32 Å². The number of carbonyl (C=O) groups excluding carboxylic acids is 1. The van der Waals surface area contributed by atoms with Gasteiger partial charge in [-0.25, -0.2) is 4.98 Å². The lowest BCUT2D eigenvalue weighted by Gasteiger charge is -2.22. The molecule has 1 amide bonds. The van der Waals surface area contributed by atoms with Crippen molar-refractivity contribution in [3.63, 3.8) is 0 Å². The standard InChI is InChI=1S/C17H27N3O/c1-17(2,3)20-14-10-11-15(18-12-14)16(21)19-13-8-6-4-5-7-9-13/h10-13,20H,4-9H2,1-3H3,(H,19,21). The van der Waals surface area contributed by atoms with E-state index in [1.165, 1.54) is 25.7 Å². The molecule has 1 heterocycles. The van der Waals surface area contributed by atoms with E-state index in [0.29, 0.717) is 11.7 Å². The number of amides is 1. The van der Waals surface area contributed by atoms with E-state index in [4.69, 9.17) is 0 Å². The Labute approximate surface area is 127 Å². The van der Waals surface area contributed by atoms with E-state index in [1.54, 1.807) is 12.3 Å². The molecule has 0 radical (unpaired) electrons. The summed E-state index contributed by atoms with van der Waals surface area (Å²) in [4.78, 5) is 16.5. The molecule has 21 heavy (non-hydrogen) atoms. The van der Waals surface area contributed by atoms with Gasteiger partial charge in [-0.15, -0.1) is 0 Å². The molecule has 1 aliphatic carbocycles. The molecule has 0 atom stereocenters. The third-order valence-electron chi connectivity index (χ3n) is 3.71.